The van der Waals surface area contributed by atoms with Crippen molar-refractivity contribution in [1.82, 2.24) is 14.1 Å². The lowest BCUT2D eigenvalue weighted by molar-refractivity contribution is 0.0137. The number of nitrogen functional groups attached to an aromatic ring is 1. The molecule has 0 radical (unpaired) electrons. The molecule has 0 fully saturated rings. The number of aryl methyl sites for hydroxylation is 1. The quantitative estimate of drug-likeness (QED) is 0.405. The van der Waals surface area contributed by atoms with Crippen LogP contribution in [-0.4, -0.2) is 26.1 Å². The lowest BCUT2D eigenvalue weighted by atomic mass is 10.1. The molecule has 2 aromatic heterocycles. The number of amides is 1. The first-order valence-electron chi connectivity index (χ1n) is 10.3. The highest BCUT2D eigenvalue weighted by Crippen LogP contribution is 2.25. The van der Waals surface area contributed by atoms with E-state index in [0.29, 0.717) is 6.61 Å². The van der Waals surface area contributed by atoms with E-state index in [9.17, 15) is 4.79 Å². The zero-order valence-corrected chi connectivity index (χ0v) is 17.5. The summed E-state index contributed by atoms with van der Waals surface area (Å²) < 4.78 is 10.3. The van der Waals surface area contributed by atoms with Crippen LogP contribution in [0.1, 0.15) is 35.4 Å². The molecule has 31 heavy (non-hydrogen) atoms. The number of rotatable bonds is 9. The molecule has 2 atom stereocenters. The highest BCUT2D eigenvalue weighted by Gasteiger charge is 2.21. The Morgan fingerprint density at radius 3 is 2.71 bits per heavy atom. The predicted octanol–water partition coefficient (Wildman–Crippen LogP) is 3.76. The summed E-state index contributed by atoms with van der Waals surface area (Å²) >= 11 is 0. The number of hydrogen-bond acceptors (Lipinski definition) is 4. The van der Waals surface area contributed by atoms with E-state index in [2.05, 4.69) is 21.8 Å². The van der Waals surface area contributed by atoms with E-state index < -0.39 is 5.91 Å². The molecule has 0 saturated carbocycles. The molecular weight excluding hydrogens is 390 g/mol. The predicted molar refractivity (Wildman–Crippen MR) is 121 cm³/mol. The molecule has 0 aliphatic heterocycles. The number of nitrogens with two attached hydrogens (primary N) is 2. The highest BCUT2D eigenvalue weighted by atomic mass is 16.5. The molecule has 160 valence electrons. The molecule has 0 aliphatic carbocycles. The summed E-state index contributed by atoms with van der Waals surface area (Å²) in [5.41, 5.74) is 14.6. The topological polar surface area (TPSA) is 101 Å². The summed E-state index contributed by atoms with van der Waals surface area (Å²) in [6.07, 6.45) is 6.09. The summed E-state index contributed by atoms with van der Waals surface area (Å²) in [6, 6.07) is 18.1. The Morgan fingerprint density at radius 2 is 1.97 bits per heavy atom. The van der Waals surface area contributed by atoms with Gasteiger partial charge in [0.05, 0.1) is 30.6 Å². The van der Waals surface area contributed by atoms with Crippen molar-refractivity contribution >= 4 is 22.5 Å². The molecule has 4 aromatic rings. The first-order chi connectivity index (χ1) is 15.0. The van der Waals surface area contributed by atoms with Crippen LogP contribution in [-0.2, 0) is 17.9 Å². The largest absolute Gasteiger partial charge is 0.399 e. The molecule has 0 bridgehead atoms. The molecule has 7 nitrogen and oxygen atoms in total. The monoisotopic (exact) mass is 417 g/mol. The van der Waals surface area contributed by atoms with Gasteiger partial charge >= 0.3 is 0 Å². The second-order valence-electron chi connectivity index (χ2n) is 7.76. The molecule has 7 heteroatoms. The van der Waals surface area contributed by atoms with Crippen LogP contribution < -0.4 is 11.5 Å². The van der Waals surface area contributed by atoms with Gasteiger partial charge in [-0.15, -0.1) is 0 Å². The Balaban J connectivity index is 1.53. The first-order valence-corrected chi connectivity index (χ1v) is 10.3. The fraction of sp³-hybridized carbons (Fsp3) is 0.250. The van der Waals surface area contributed by atoms with E-state index in [1.165, 1.54) is 0 Å². The Hall–Kier alpha value is -3.58. The second-order valence-corrected chi connectivity index (χ2v) is 7.76. The fourth-order valence-electron chi connectivity index (χ4n) is 3.85. The summed E-state index contributed by atoms with van der Waals surface area (Å²) in [5, 5.41) is 1.15. The number of carbonyl (C=O) groups excluding carboxylic acids is 1. The van der Waals surface area contributed by atoms with Gasteiger partial charge in [0.15, 0.2) is 0 Å². The van der Waals surface area contributed by atoms with Gasteiger partial charge in [-0.05, 0) is 42.5 Å². The minimum atomic E-state index is -0.540. The van der Waals surface area contributed by atoms with Crippen LogP contribution in [0.15, 0.2) is 73.3 Å². The first kappa shape index (κ1) is 20.7. The molecule has 0 saturated heterocycles. The highest BCUT2D eigenvalue weighted by molar-refractivity contribution is 5.90. The lowest BCUT2D eigenvalue weighted by Gasteiger charge is -2.26. The van der Waals surface area contributed by atoms with Gasteiger partial charge in [-0.25, -0.2) is 4.98 Å². The van der Waals surface area contributed by atoms with Crippen LogP contribution in [0.5, 0.6) is 0 Å². The van der Waals surface area contributed by atoms with Gasteiger partial charge in [0.1, 0.15) is 5.69 Å². The molecule has 0 spiro atoms. The summed E-state index contributed by atoms with van der Waals surface area (Å²) in [7, 11) is 0. The van der Waals surface area contributed by atoms with Gasteiger partial charge in [-0.2, -0.15) is 0 Å². The molecule has 0 aliphatic rings. The molecule has 2 unspecified atom stereocenters. The lowest BCUT2D eigenvalue weighted by Crippen LogP contribution is -2.25. The number of hydrogen-bond donors (Lipinski definition) is 2. The van der Waals surface area contributed by atoms with E-state index in [1.54, 1.807) is 12.5 Å². The van der Waals surface area contributed by atoms with Crippen molar-refractivity contribution in [2.24, 2.45) is 5.73 Å². The average Bonchev–Trinajstić information content (AvgIpc) is 3.41. The van der Waals surface area contributed by atoms with E-state index in [0.717, 1.165) is 35.1 Å². The van der Waals surface area contributed by atoms with E-state index in [4.69, 9.17) is 16.2 Å². The van der Waals surface area contributed by atoms with Crippen molar-refractivity contribution in [3.63, 3.8) is 0 Å². The maximum Gasteiger partial charge on any atom is 0.268 e. The number of nitrogens with zero attached hydrogens (tertiary/aromatic N) is 3. The molecule has 4 N–H and O–H groups in total. The summed E-state index contributed by atoms with van der Waals surface area (Å²) in [6.45, 7) is 3.32. The molecule has 4 rings (SSSR count). The van der Waals surface area contributed by atoms with Gasteiger partial charge < -0.3 is 25.3 Å². The Labute approximate surface area is 181 Å². The maximum atomic E-state index is 11.5. The number of imidazole rings is 1. The summed E-state index contributed by atoms with van der Waals surface area (Å²) in [5.74, 6) is -0.540. The van der Waals surface area contributed by atoms with Crippen LogP contribution in [0.2, 0.25) is 0 Å². The molecule has 1 amide bonds. The second kappa shape index (κ2) is 9.06. The van der Waals surface area contributed by atoms with Crippen LogP contribution in [0.3, 0.4) is 0 Å². The summed E-state index contributed by atoms with van der Waals surface area (Å²) in [4.78, 5) is 15.7. The van der Waals surface area contributed by atoms with Crippen molar-refractivity contribution in [2.75, 3.05) is 5.73 Å². The molecular formula is C24H27N5O2. The third kappa shape index (κ3) is 4.78. The van der Waals surface area contributed by atoms with Crippen molar-refractivity contribution in [2.45, 2.75) is 38.6 Å². The number of fused-ring (bicyclic) bond motifs is 1. The average molecular weight is 418 g/mol. The van der Waals surface area contributed by atoms with Gasteiger partial charge in [0.2, 0.25) is 0 Å². The third-order valence-electron chi connectivity index (χ3n) is 5.60. The van der Waals surface area contributed by atoms with E-state index in [-0.39, 0.29) is 17.8 Å². The van der Waals surface area contributed by atoms with Crippen LogP contribution in [0, 0.1) is 0 Å². The number of ether oxygens (including phenoxy) is 1. The van der Waals surface area contributed by atoms with Gasteiger partial charge in [-0.1, -0.05) is 36.4 Å². The zero-order chi connectivity index (χ0) is 21.8. The minimum absolute atomic E-state index is 0.0252. The van der Waals surface area contributed by atoms with Crippen LogP contribution in [0.4, 0.5) is 5.69 Å². The standard InChI is InChI=1S/C24H27N5O2/c1-17(31-15-18-5-3-2-4-6-18)22(29-14-21(24(26)30)27-16-29)10-12-28-11-9-19-7-8-20(25)13-23(19)28/h2-9,11,13-14,16-17,22H,10,12,15,25H2,1H3,(H2,26,30). The molecule has 2 heterocycles. The number of benzene rings is 2. The van der Waals surface area contributed by atoms with Gasteiger partial charge in [0.25, 0.3) is 5.91 Å². The smallest absolute Gasteiger partial charge is 0.268 e. The Morgan fingerprint density at radius 1 is 1.16 bits per heavy atom. The van der Waals surface area contributed by atoms with Crippen LogP contribution >= 0.6 is 0 Å². The number of primary amides is 1. The van der Waals surface area contributed by atoms with Gasteiger partial charge in [0, 0.05) is 24.6 Å². The van der Waals surface area contributed by atoms with Gasteiger partial charge in [-0.3, -0.25) is 4.79 Å². The Kier molecular flexibility index (Phi) is 6.04. The SMILES string of the molecule is CC(OCc1ccccc1)C(CCn1ccc2ccc(N)cc21)n1cnc(C(N)=O)c1. The van der Waals surface area contributed by atoms with Crippen molar-refractivity contribution < 1.29 is 9.53 Å². The Bertz CT molecular complexity index is 1170. The maximum absolute atomic E-state index is 11.5. The van der Waals surface area contributed by atoms with Crippen LogP contribution in [0.25, 0.3) is 10.9 Å². The van der Waals surface area contributed by atoms with E-state index in [1.807, 2.05) is 60.0 Å². The van der Waals surface area contributed by atoms with Crippen molar-refractivity contribution in [1.29, 1.82) is 0 Å². The van der Waals surface area contributed by atoms with Crippen molar-refractivity contribution in [3.8, 4) is 0 Å². The number of carbonyl (C=O) groups is 1. The fourth-order valence-corrected chi connectivity index (χ4v) is 3.85. The third-order valence-corrected chi connectivity index (χ3v) is 5.60. The molecule has 2 aromatic carbocycles. The minimum Gasteiger partial charge on any atom is -0.399 e. The zero-order valence-electron chi connectivity index (χ0n) is 17.5. The normalized spacial score (nSPS) is 13.3. The van der Waals surface area contributed by atoms with Crippen molar-refractivity contribution in [3.05, 3.63) is 84.6 Å². The number of anilines is 1. The van der Waals surface area contributed by atoms with E-state index >= 15 is 0 Å². The number of aromatic nitrogens is 3.